The summed E-state index contributed by atoms with van der Waals surface area (Å²) in [6, 6.07) is 0. The summed E-state index contributed by atoms with van der Waals surface area (Å²) in [5.74, 6) is -0.134. The fourth-order valence-corrected chi connectivity index (χ4v) is 2.44. The van der Waals surface area contributed by atoms with Crippen LogP contribution in [0.5, 0.6) is 0 Å². The van der Waals surface area contributed by atoms with E-state index in [0.29, 0.717) is 6.54 Å². The SMILES string of the molecule is CC(=O)C1OC(CN)SC1C(C)=O. The molecule has 0 amide bonds. The van der Waals surface area contributed by atoms with Gasteiger partial charge in [-0.3, -0.25) is 9.59 Å². The van der Waals surface area contributed by atoms with Gasteiger partial charge in [-0.15, -0.1) is 11.8 Å². The van der Waals surface area contributed by atoms with E-state index < -0.39 is 6.10 Å². The molecule has 2 N–H and O–H groups in total. The first-order valence-corrected chi connectivity index (χ1v) is 5.02. The van der Waals surface area contributed by atoms with Crippen molar-refractivity contribution < 1.29 is 14.3 Å². The van der Waals surface area contributed by atoms with Gasteiger partial charge < -0.3 is 10.5 Å². The third-order valence-corrected chi connectivity index (χ3v) is 3.35. The molecule has 13 heavy (non-hydrogen) atoms. The second-order valence-electron chi connectivity index (χ2n) is 3.00. The molecule has 0 saturated carbocycles. The molecular weight excluding hydrogens is 190 g/mol. The quantitative estimate of drug-likeness (QED) is 0.696. The molecule has 1 heterocycles. The average molecular weight is 203 g/mol. The Hall–Kier alpha value is -0.390. The highest BCUT2D eigenvalue weighted by Gasteiger charge is 2.40. The van der Waals surface area contributed by atoms with E-state index in [1.54, 1.807) is 0 Å². The van der Waals surface area contributed by atoms with E-state index in [-0.39, 0.29) is 22.3 Å². The molecule has 1 aliphatic heterocycles. The highest BCUT2D eigenvalue weighted by atomic mass is 32.2. The summed E-state index contributed by atoms with van der Waals surface area (Å²) in [6.07, 6.45) is -0.601. The van der Waals surface area contributed by atoms with E-state index in [1.807, 2.05) is 0 Å². The van der Waals surface area contributed by atoms with Crippen molar-refractivity contribution in [1.82, 2.24) is 0 Å². The number of thioether (sulfide) groups is 1. The number of ether oxygens (including phenoxy) is 1. The lowest BCUT2D eigenvalue weighted by Gasteiger charge is -2.10. The standard InChI is InChI=1S/C8H13NO3S/c1-4(10)7-8(5(2)11)13-6(3-9)12-7/h6-8H,3,9H2,1-2H3. The molecular formula is C8H13NO3S. The molecule has 3 atom stereocenters. The van der Waals surface area contributed by atoms with Gasteiger partial charge in [0.15, 0.2) is 5.78 Å². The van der Waals surface area contributed by atoms with Crippen LogP contribution in [0, 0.1) is 0 Å². The zero-order chi connectivity index (χ0) is 10.0. The molecule has 0 aromatic carbocycles. The highest BCUT2D eigenvalue weighted by molar-refractivity contribution is 8.01. The Balaban J connectivity index is 2.71. The smallest absolute Gasteiger partial charge is 0.160 e. The Morgan fingerprint density at radius 2 is 2.00 bits per heavy atom. The monoisotopic (exact) mass is 203 g/mol. The number of Topliss-reactive ketones (excluding diaryl/α,β-unsaturated/α-hetero) is 2. The zero-order valence-electron chi connectivity index (χ0n) is 7.65. The van der Waals surface area contributed by atoms with Gasteiger partial charge in [-0.2, -0.15) is 0 Å². The first-order chi connectivity index (χ1) is 6.06. The van der Waals surface area contributed by atoms with Gasteiger partial charge in [0, 0.05) is 6.54 Å². The number of carbonyl (C=O) groups is 2. The third kappa shape index (κ3) is 2.30. The van der Waals surface area contributed by atoms with Gasteiger partial charge in [0.25, 0.3) is 0 Å². The minimum absolute atomic E-state index is 0.0267. The van der Waals surface area contributed by atoms with Crippen LogP contribution in [0.1, 0.15) is 13.8 Å². The van der Waals surface area contributed by atoms with Gasteiger partial charge >= 0.3 is 0 Å². The Morgan fingerprint density at radius 3 is 2.31 bits per heavy atom. The molecule has 0 aromatic rings. The van der Waals surface area contributed by atoms with E-state index in [4.69, 9.17) is 10.5 Å². The fraction of sp³-hybridized carbons (Fsp3) is 0.750. The van der Waals surface area contributed by atoms with E-state index >= 15 is 0 Å². The van der Waals surface area contributed by atoms with Crippen LogP contribution in [0.4, 0.5) is 0 Å². The molecule has 0 bridgehead atoms. The van der Waals surface area contributed by atoms with E-state index in [1.165, 1.54) is 25.6 Å². The molecule has 5 heteroatoms. The van der Waals surface area contributed by atoms with E-state index in [9.17, 15) is 9.59 Å². The van der Waals surface area contributed by atoms with Crippen molar-refractivity contribution in [2.75, 3.05) is 6.54 Å². The van der Waals surface area contributed by atoms with Crippen LogP contribution in [0.3, 0.4) is 0 Å². The van der Waals surface area contributed by atoms with Crippen LogP contribution in [0.25, 0.3) is 0 Å². The number of carbonyl (C=O) groups excluding carboxylic acids is 2. The predicted molar refractivity (Wildman–Crippen MR) is 50.5 cm³/mol. The van der Waals surface area contributed by atoms with Gasteiger partial charge in [0.1, 0.15) is 17.3 Å². The molecule has 1 saturated heterocycles. The van der Waals surface area contributed by atoms with Gasteiger partial charge in [0.2, 0.25) is 0 Å². The topological polar surface area (TPSA) is 69.4 Å². The molecule has 0 spiro atoms. The molecule has 74 valence electrons. The molecule has 1 aliphatic rings. The first-order valence-electron chi connectivity index (χ1n) is 4.08. The number of hydrogen-bond donors (Lipinski definition) is 1. The number of rotatable bonds is 3. The summed E-state index contributed by atoms with van der Waals surface area (Å²) in [6.45, 7) is 3.23. The predicted octanol–water partition coefficient (Wildman–Crippen LogP) is -0.0502. The van der Waals surface area contributed by atoms with Crippen molar-refractivity contribution >= 4 is 23.3 Å². The number of ketones is 2. The third-order valence-electron chi connectivity index (χ3n) is 1.87. The largest absolute Gasteiger partial charge is 0.354 e. The van der Waals surface area contributed by atoms with Crippen LogP contribution < -0.4 is 5.73 Å². The molecule has 1 fully saturated rings. The number of nitrogens with two attached hydrogens (primary N) is 1. The Labute approximate surface area is 81.2 Å². The van der Waals surface area contributed by atoms with Crippen molar-refractivity contribution in [2.24, 2.45) is 5.73 Å². The molecule has 4 nitrogen and oxygen atoms in total. The highest BCUT2D eigenvalue weighted by Crippen LogP contribution is 2.33. The minimum Gasteiger partial charge on any atom is -0.354 e. The van der Waals surface area contributed by atoms with Gasteiger partial charge in [-0.25, -0.2) is 0 Å². The van der Waals surface area contributed by atoms with E-state index in [2.05, 4.69) is 0 Å². The Bertz CT molecular complexity index is 209. The van der Waals surface area contributed by atoms with E-state index in [0.717, 1.165) is 0 Å². The summed E-state index contributed by atoms with van der Waals surface area (Å²) in [7, 11) is 0. The summed E-state index contributed by atoms with van der Waals surface area (Å²) in [5.41, 5.74) is 5.17. The number of hydrogen-bond acceptors (Lipinski definition) is 5. The van der Waals surface area contributed by atoms with Crippen LogP contribution in [-0.4, -0.2) is 34.9 Å². The molecule has 0 aliphatic carbocycles. The van der Waals surface area contributed by atoms with Crippen molar-refractivity contribution in [3.05, 3.63) is 0 Å². The molecule has 1 rings (SSSR count). The molecule has 3 unspecified atom stereocenters. The summed E-state index contributed by atoms with van der Waals surface area (Å²) < 4.78 is 5.31. The fourth-order valence-electron chi connectivity index (χ4n) is 1.23. The second kappa shape index (κ2) is 4.21. The van der Waals surface area contributed by atoms with Crippen LogP contribution in [0.2, 0.25) is 0 Å². The maximum absolute atomic E-state index is 11.1. The maximum atomic E-state index is 11.1. The Kier molecular flexibility index (Phi) is 3.47. The second-order valence-corrected chi connectivity index (χ2v) is 4.31. The van der Waals surface area contributed by atoms with Crippen molar-refractivity contribution in [1.29, 1.82) is 0 Å². The first kappa shape index (κ1) is 10.7. The van der Waals surface area contributed by atoms with Crippen LogP contribution in [0.15, 0.2) is 0 Å². The maximum Gasteiger partial charge on any atom is 0.160 e. The van der Waals surface area contributed by atoms with Crippen molar-refractivity contribution in [2.45, 2.75) is 30.6 Å². The Morgan fingerprint density at radius 1 is 1.38 bits per heavy atom. The molecule has 0 aromatic heterocycles. The van der Waals surface area contributed by atoms with Gasteiger partial charge in [0.05, 0.1) is 5.25 Å². The summed E-state index contributed by atoms with van der Waals surface area (Å²) in [5, 5.41) is -0.369. The lowest BCUT2D eigenvalue weighted by molar-refractivity contribution is -0.131. The summed E-state index contributed by atoms with van der Waals surface area (Å²) in [4.78, 5) is 22.2. The normalized spacial score (nSPS) is 33.3. The molecule has 0 radical (unpaired) electrons. The zero-order valence-corrected chi connectivity index (χ0v) is 8.47. The van der Waals surface area contributed by atoms with Crippen LogP contribution >= 0.6 is 11.8 Å². The van der Waals surface area contributed by atoms with Crippen molar-refractivity contribution in [3.8, 4) is 0 Å². The lowest BCUT2D eigenvalue weighted by Crippen LogP contribution is -2.32. The van der Waals surface area contributed by atoms with Gasteiger partial charge in [-0.05, 0) is 13.8 Å². The lowest BCUT2D eigenvalue weighted by atomic mass is 10.1. The average Bonchev–Trinajstić information content (AvgIpc) is 2.47. The van der Waals surface area contributed by atoms with Gasteiger partial charge in [-0.1, -0.05) is 0 Å². The van der Waals surface area contributed by atoms with Crippen LogP contribution in [-0.2, 0) is 14.3 Å². The van der Waals surface area contributed by atoms with Crippen molar-refractivity contribution in [3.63, 3.8) is 0 Å². The summed E-state index contributed by atoms with van der Waals surface area (Å²) >= 11 is 1.34. The minimum atomic E-state index is -0.601.